The number of ketones is 1. The molecule has 2 amide bonds. The van der Waals surface area contributed by atoms with E-state index in [1.165, 1.54) is 4.90 Å². The van der Waals surface area contributed by atoms with Gasteiger partial charge in [-0.3, -0.25) is 19.3 Å². The van der Waals surface area contributed by atoms with Crippen LogP contribution in [-0.2, 0) is 9.59 Å². The first-order valence-corrected chi connectivity index (χ1v) is 11.4. The van der Waals surface area contributed by atoms with E-state index in [0.29, 0.717) is 28.8 Å². The molecule has 2 aromatic rings. The second-order valence-corrected chi connectivity index (χ2v) is 9.65. The number of benzene rings is 2. The van der Waals surface area contributed by atoms with Crippen LogP contribution >= 0.6 is 0 Å². The Labute approximate surface area is 187 Å². The molecule has 7 atom stereocenters. The molecule has 7 rings (SSSR count). The van der Waals surface area contributed by atoms with Crippen molar-refractivity contribution in [3.63, 3.8) is 0 Å². The molecule has 162 valence electrons. The Morgan fingerprint density at radius 1 is 0.906 bits per heavy atom. The van der Waals surface area contributed by atoms with E-state index >= 15 is 0 Å². The van der Waals surface area contributed by atoms with Crippen LogP contribution in [0.1, 0.15) is 29.3 Å². The van der Waals surface area contributed by atoms with Crippen molar-refractivity contribution < 1.29 is 19.1 Å². The van der Waals surface area contributed by atoms with Crippen molar-refractivity contribution in [2.24, 2.45) is 35.5 Å². The predicted molar refractivity (Wildman–Crippen MR) is 119 cm³/mol. The van der Waals surface area contributed by atoms with Crippen LogP contribution in [0.4, 0.5) is 5.69 Å². The minimum absolute atomic E-state index is 0.0683. The van der Waals surface area contributed by atoms with Crippen LogP contribution in [0.5, 0.6) is 5.75 Å². The second kappa shape index (κ2) is 6.89. The average molecular weight is 428 g/mol. The van der Waals surface area contributed by atoms with Crippen molar-refractivity contribution in [2.45, 2.75) is 26.4 Å². The van der Waals surface area contributed by atoms with Gasteiger partial charge in [0.1, 0.15) is 5.75 Å². The summed E-state index contributed by atoms with van der Waals surface area (Å²) in [7, 11) is 0. The van der Waals surface area contributed by atoms with Crippen molar-refractivity contribution >= 4 is 23.3 Å². The molecule has 2 saturated carbocycles. The van der Waals surface area contributed by atoms with Crippen LogP contribution in [0.25, 0.3) is 0 Å². The Morgan fingerprint density at radius 3 is 2.03 bits per heavy atom. The first-order chi connectivity index (χ1) is 15.4. The fourth-order valence-electron chi connectivity index (χ4n) is 6.10. The van der Waals surface area contributed by atoms with Crippen molar-refractivity contribution in [1.82, 2.24) is 0 Å². The molecule has 5 nitrogen and oxygen atoms in total. The minimum atomic E-state index is -0.644. The van der Waals surface area contributed by atoms with Gasteiger partial charge >= 0.3 is 0 Å². The maximum absolute atomic E-state index is 13.2. The molecule has 1 aliphatic heterocycles. The number of nitrogens with zero attached hydrogens (tertiary/aromatic N) is 1. The summed E-state index contributed by atoms with van der Waals surface area (Å²) in [6.07, 6.45) is 4.87. The number of carbonyl (C=O) groups is 3. The van der Waals surface area contributed by atoms with Gasteiger partial charge < -0.3 is 4.74 Å². The van der Waals surface area contributed by atoms with Gasteiger partial charge in [-0.2, -0.15) is 0 Å². The summed E-state index contributed by atoms with van der Waals surface area (Å²) in [5, 5.41) is 0. The van der Waals surface area contributed by atoms with Gasteiger partial charge in [-0.05, 0) is 68.2 Å². The molecule has 0 spiro atoms. The molecular formula is C27H25NO4. The molecule has 1 saturated heterocycles. The highest BCUT2D eigenvalue weighted by atomic mass is 16.5. The molecule has 0 aromatic heterocycles. The lowest BCUT2D eigenvalue weighted by atomic mass is 9.63. The Bertz CT molecular complexity index is 1110. The summed E-state index contributed by atoms with van der Waals surface area (Å²) < 4.78 is 5.84. The molecule has 32 heavy (non-hydrogen) atoms. The fraction of sp³-hybridized carbons (Fsp3) is 0.370. The second-order valence-electron chi connectivity index (χ2n) is 9.65. The summed E-state index contributed by atoms with van der Waals surface area (Å²) in [6.45, 7) is 3.70. The largest absolute Gasteiger partial charge is 0.483 e. The topological polar surface area (TPSA) is 63.7 Å². The van der Waals surface area contributed by atoms with Gasteiger partial charge in [0.15, 0.2) is 6.10 Å². The minimum Gasteiger partial charge on any atom is -0.483 e. The summed E-state index contributed by atoms with van der Waals surface area (Å²) in [6, 6.07) is 14.3. The van der Waals surface area contributed by atoms with Gasteiger partial charge in [-0.25, -0.2) is 0 Å². The van der Waals surface area contributed by atoms with Crippen LogP contribution in [0.2, 0.25) is 0 Å². The lowest BCUT2D eigenvalue weighted by Crippen LogP contribution is -2.40. The SMILES string of the molecule is Cc1ccc(C(=O)[C@H](C)Oc2ccc(N3C(=O)[C@@H]4[C@H]5C=C[C@@H]([C@@H]6C[C@H]56)[C@H]4C3=O)cc2)cc1. The maximum Gasteiger partial charge on any atom is 0.238 e. The molecule has 2 bridgehead atoms. The van der Waals surface area contributed by atoms with Gasteiger partial charge in [0.2, 0.25) is 17.6 Å². The number of ether oxygens (including phenoxy) is 1. The van der Waals surface area contributed by atoms with Gasteiger partial charge in [0, 0.05) is 5.56 Å². The first-order valence-electron chi connectivity index (χ1n) is 11.4. The number of Topliss-reactive ketones (excluding diaryl/α,β-unsaturated/α-hetero) is 1. The zero-order valence-corrected chi connectivity index (χ0v) is 18.1. The Kier molecular flexibility index (Phi) is 4.19. The molecule has 1 heterocycles. The number of hydrogen-bond acceptors (Lipinski definition) is 4. The summed E-state index contributed by atoms with van der Waals surface area (Å²) in [5.41, 5.74) is 2.28. The summed E-state index contributed by atoms with van der Waals surface area (Å²) in [5.74, 6) is 1.50. The van der Waals surface area contributed by atoms with E-state index in [4.69, 9.17) is 4.74 Å². The highest BCUT2D eigenvalue weighted by Crippen LogP contribution is 2.65. The number of anilines is 1. The molecular weight excluding hydrogens is 402 g/mol. The first kappa shape index (κ1) is 19.5. The Hall–Kier alpha value is -3.21. The van der Waals surface area contributed by atoms with Crippen LogP contribution in [-0.4, -0.2) is 23.7 Å². The quantitative estimate of drug-likeness (QED) is 0.408. The Morgan fingerprint density at radius 2 is 1.47 bits per heavy atom. The fourth-order valence-corrected chi connectivity index (χ4v) is 6.10. The molecule has 0 N–H and O–H groups in total. The van der Waals surface area contributed by atoms with Crippen molar-refractivity contribution in [1.29, 1.82) is 0 Å². The lowest BCUT2D eigenvalue weighted by Gasteiger charge is -2.37. The van der Waals surface area contributed by atoms with Crippen LogP contribution in [0, 0.1) is 42.4 Å². The summed E-state index contributed by atoms with van der Waals surface area (Å²) in [4.78, 5) is 40.5. The predicted octanol–water partition coefficient (Wildman–Crippen LogP) is 4.20. The third kappa shape index (κ3) is 2.80. The van der Waals surface area contributed by atoms with Crippen molar-refractivity contribution in [3.05, 3.63) is 71.8 Å². The van der Waals surface area contributed by atoms with E-state index in [2.05, 4.69) is 12.2 Å². The van der Waals surface area contributed by atoms with E-state index in [1.54, 1.807) is 43.3 Å². The molecule has 0 unspecified atom stereocenters. The van der Waals surface area contributed by atoms with Gasteiger partial charge in [-0.15, -0.1) is 0 Å². The number of hydrogen-bond donors (Lipinski definition) is 0. The zero-order valence-electron chi connectivity index (χ0n) is 18.1. The molecule has 4 aliphatic carbocycles. The normalized spacial score (nSPS) is 32.5. The molecule has 2 aromatic carbocycles. The molecule has 0 radical (unpaired) electrons. The molecule has 3 fully saturated rings. The number of aryl methyl sites for hydroxylation is 1. The van der Waals surface area contributed by atoms with E-state index in [-0.39, 0.29) is 41.3 Å². The third-order valence-corrected chi connectivity index (χ3v) is 7.78. The Balaban J connectivity index is 1.18. The number of allylic oxidation sites excluding steroid dienone is 2. The molecule has 5 heteroatoms. The number of amides is 2. The average Bonchev–Trinajstić information content (AvgIpc) is 3.58. The van der Waals surface area contributed by atoms with E-state index in [9.17, 15) is 14.4 Å². The third-order valence-electron chi connectivity index (χ3n) is 7.78. The monoisotopic (exact) mass is 427 g/mol. The van der Waals surface area contributed by atoms with E-state index in [1.807, 2.05) is 19.1 Å². The maximum atomic E-state index is 13.2. The van der Waals surface area contributed by atoms with Crippen molar-refractivity contribution in [3.8, 4) is 5.75 Å². The smallest absolute Gasteiger partial charge is 0.238 e. The molecule has 5 aliphatic rings. The van der Waals surface area contributed by atoms with E-state index in [0.717, 1.165) is 12.0 Å². The van der Waals surface area contributed by atoms with Crippen molar-refractivity contribution in [2.75, 3.05) is 4.90 Å². The van der Waals surface area contributed by atoms with Gasteiger partial charge in [-0.1, -0.05) is 42.0 Å². The number of carbonyl (C=O) groups excluding carboxylic acids is 3. The highest BCUT2D eigenvalue weighted by Gasteiger charge is 2.67. The number of imide groups is 1. The van der Waals surface area contributed by atoms with Crippen LogP contribution in [0.3, 0.4) is 0 Å². The zero-order chi connectivity index (χ0) is 22.1. The lowest BCUT2D eigenvalue weighted by molar-refractivity contribution is -0.124. The van der Waals surface area contributed by atoms with Crippen LogP contribution < -0.4 is 9.64 Å². The van der Waals surface area contributed by atoms with Gasteiger partial charge in [0.25, 0.3) is 0 Å². The van der Waals surface area contributed by atoms with E-state index < -0.39 is 6.10 Å². The number of rotatable bonds is 5. The summed E-state index contributed by atoms with van der Waals surface area (Å²) >= 11 is 0. The standard InChI is InChI=1S/C27H25NO4/c1-14-3-5-16(6-4-14)25(29)15(2)32-18-9-7-17(8-10-18)28-26(30)23-19-11-12-20(22-13-21(19)22)24(23)27(28)31/h3-12,15,19-24H,13H2,1-2H3/t15-,19-,20-,21-,22+,23+,24+/m0/s1. The van der Waals surface area contributed by atoms with Gasteiger partial charge in [0.05, 0.1) is 17.5 Å². The highest BCUT2D eigenvalue weighted by molar-refractivity contribution is 6.22. The van der Waals surface area contributed by atoms with Crippen LogP contribution in [0.15, 0.2) is 60.7 Å².